The third kappa shape index (κ3) is 5.08. The second-order valence-electron chi connectivity index (χ2n) is 4.97. The molecule has 0 aromatic rings. The predicted molar refractivity (Wildman–Crippen MR) is 84.7 cm³/mol. The monoisotopic (exact) mass is 246 g/mol. The third-order valence-corrected chi connectivity index (χ3v) is 3.80. The summed E-state index contributed by atoms with van der Waals surface area (Å²) in [5.74, 6) is 0.557. The van der Waals surface area contributed by atoms with Gasteiger partial charge in [0.05, 0.1) is 0 Å². The molecule has 1 fully saturated rings. The van der Waals surface area contributed by atoms with E-state index >= 15 is 0 Å². The summed E-state index contributed by atoms with van der Waals surface area (Å²) < 4.78 is 0. The van der Waals surface area contributed by atoms with Crippen molar-refractivity contribution in [2.24, 2.45) is 11.3 Å². The van der Waals surface area contributed by atoms with Gasteiger partial charge < -0.3 is 0 Å². The Morgan fingerprint density at radius 3 is 2.17 bits per heavy atom. The molecule has 0 N–H and O–H groups in total. The van der Waals surface area contributed by atoms with Crippen molar-refractivity contribution in [2.75, 3.05) is 0 Å². The van der Waals surface area contributed by atoms with Crippen molar-refractivity contribution in [3.63, 3.8) is 0 Å². The Morgan fingerprint density at radius 2 is 1.83 bits per heavy atom. The van der Waals surface area contributed by atoms with Crippen LogP contribution in [0.2, 0.25) is 0 Å². The maximum Gasteiger partial charge on any atom is 0.0118 e. The molecule has 102 valence electrons. The van der Waals surface area contributed by atoms with E-state index in [0.29, 0.717) is 5.92 Å². The van der Waals surface area contributed by atoms with Gasteiger partial charge in [0.25, 0.3) is 0 Å². The van der Waals surface area contributed by atoms with E-state index in [0.717, 1.165) is 0 Å². The lowest BCUT2D eigenvalue weighted by Crippen LogP contribution is -2.28. The number of allylic oxidation sites excluding steroid dienone is 5. The summed E-state index contributed by atoms with van der Waals surface area (Å²) in [5, 5.41) is 0. The van der Waals surface area contributed by atoms with Gasteiger partial charge in [-0.15, -0.1) is 19.7 Å². The first-order chi connectivity index (χ1) is 8.70. The number of unbranched alkanes of at least 4 members (excludes halogenated alkanes) is 1. The van der Waals surface area contributed by atoms with Crippen LogP contribution >= 0.6 is 0 Å². The van der Waals surface area contributed by atoms with Crippen LogP contribution in [0.5, 0.6) is 0 Å². The van der Waals surface area contributed by atoms with E-state index in [-0.39, 0.29) is 5.41 Å². The number of hydrogen-bond acceptors (Lipinski definition) is 0. The Balaban J connectivity index is 0.000000411. The van der Waals surface area contributed by atoms with Crippen LogP contribution in [0.25, 0.3) is 0 Å². The molecule has 0 spiro atoms. The highest BCUT2D eigenvalue weighted by Gasteiger charge is 2.33. The van der Waals surface area contributed by atoms with Crippen molar-refractivity contribution < 1.29 is 0 Å². The molecule has 0 radical (unpaired) electrons. The van der Waals surface area contributed by atoms with Gasteiger partial charge in [-0.1, -0.05) is 56.6 Å². The molecule has 1 aliphatic carbocycles. The molecule has 0 nitrogen and oxygen atoms in total. The van der Waals surface area contributed by atoms with Crippen LogP contribution in [-0.4, -0.2) is 0 Å². The molecule has 18 heavy (non-hydrogen) atoms. The average Bonchev–Trinajstić information content (AvgIpc) is 2.45. The molecule has 0 amide bonds. The zero-order valence-electron chi connectivity index (χ0n) is 12.3. The van der Waals surface area contributed by atoms with Crippen molar-refractivity contribution in [2.45, 2.75) is 52.4 Å². The van der Waals surface area contributed by atoms with Crippen molar-refractivity contribution in [1.82, 2.24) is 0 Å². The predicted octanol–water partition coefficient (Wildman–Crippen LogP) is 6.08. The second-order valence-corrected chi connectivity index (χ2v) is 4.97. The maximum atomic E-state index is 3.91. The largest absolute Gasteiger partial charge is 0.103 e. The fraction of sp³-hybridized carbons (Fsp3) is 0.556. The first kappa shape index (κ1) is 17.0. The third-order valence-electron chi connectivity index (χ3n) is 3.80. The van der Waals surface area contributed by atoms with E-state index in [4.69, 9.17) is 0 Å². The summed E-state index contributed by atoms with van der Waals surface area (Å²) in [6, 6.07) is 0. The van der Waals surface area contributed by atoms with Crippen molar-refractivity contribution >= 4 is 0 Å². The molecule has 1 unspecified atom stereocenters. The first-order valence-corrected chi connectivity index (χ1v) is 7.21. The minimum Gasteiger partial charge on any atom is -0.103 e. The minimum absolute atomic E-state index is 0.139. The van der Waals surface area contributed by atoms with Crippen LogP contribution in [0.1, 0.15) is 52.4 Å². The van der Waals surface area contributed by atoms with Gasteiger partial charge >= 0.3 is 0 Å². The molecule has 0 heteroatoms. The highest BCUT2D eigenvalue weighted by atomic mass is 14.4. The fourth-order valence-corrected chi connectivity index (χ4v) is 2.51. The molecule has 0 aliphatic heterocycles. The summed E-state index contributed by atoms with van der Waals surface area (Å²) in [6.45, 7) is 15.9. The highest BCUT2D eigenvalue weighted by molar-refractivity contribution is 5.14. The molecular weight excluding hydrogens is 216 g/mol. The Kier molecular flexibility index (Phi) is 9.36. The molecule has 0 saturated heterocycles. The number of rotatable bonds is 5. The Hall–Kier alpha value is -1.04. The van der Waals surface area contributed by atoms with Crippen LogP contribution in [-0.2, 0) is 0 Å². The van der Waals surface area contributed by atoms with Crippen molar-refractivity contribution in [1.29, 1.82) is 0 Å². The molecule has 0 bridgehead atoms. The van der Waals surface area contributed by atoms with E-state index < -0.39 is 0 Å². The molecule has 1 aliphatic rings. The van der Waals surface area contributed by atoms with Crippen LogP contribution in [0.4, 0.5) is 0 Å². The zero-order valence-corrected chi connectivity index (χ0v) is 12.3. The topological polar surface area (TPSA) is 0 Å². The normalized spacial score (nSPS) is 21.8. The average molecular weight is 246 g/mol. The van der Waals surface area contributed by atoms with Gasteiger partial charge in [0.15, 0.2) is 0 Å². The number of hydrogen-bond donors (Lipinski definition) is 0. The second kappa shape index (κ2) is 9.94. The van der Waals surface area contributed by atoms with E-state index in [9.17, 15) is 0 Å². The van der Waals surface area contributed by atoms with E-state index in [2.05, 4.69) is 51.8 Å². The molecule has 1 saturated carbocycles. The van der Waals surface area contributed by atoms with Crippen LogP contribution < -0.4 is 0 Å². The van der Waals surface area contributed by atoms with Gasteiger partial charge in [-0.25, -0.2) is 0 Å². The maximum absolute atomic E-state index is 3.91. The summed E-state index contributed by atoms with van der Waals surface area (Å²) in [7, 11) is 0. The lowest BCUT2D eigenvalue weighted by Gasteiger charge is -2.38. The lowest BCUT2D eigenvalue weighted by molar-refractivity contribution is 0.252. The van der Waals surface area contributed by atoms with Crippen LogP contribution in [0.15, 0.2) is 50.1 Å². The van der Waals surface area contributed by atoms with Gasteiger partial charge in [-0.3, -0.25) is 0 Å². The standard InChI is InChI=1S/C12H18.C6H12/c1-4-11-9-7-8-10-12(11,5-2)6-3;1-3-5-6-4-2/h4-6,11H,1-3,7-10H2;3,5H,4,6H2,1-2H3. The quantitative estimate of drug-likeness (QED) is 0.515. The Labute approximate surface area is 114 Å². The highest BCUT2D eigenvalue weighted by Crippen LogP contribution is 2.43. The van der Waals surface area contributed by atoms with Crippen molar-refractivity contribution in [3.8, 4) is 0 Å². The molecule has 0 heterocycles. The Morgan fingerprint density at radius 1 is 1.17 bits per heavy atom. The minimum atomic E-state index is 0.139. The first-order valence-electron chi connectivity index (χ1n) is 7.21. The zero-order chi connectivity index (χ0) is 13.9. The molecule has 1 rings (SSSR count). The molecule has 0 aromatic heterocycles. The summed E-state index contributed by atoms with van der Waals surface area (Å²) in [4.78, 5) is 0. The molecule has 0 aromatic carbocycles. The van der Waals surface area contributed by atoms with Gasteiger partial charge in [0, 0.05) is 5.41 Å². The fourth-order valence-electron chi connectivity index (χ4n) is 2.51. The smallest absolute Gasteiger partial charge is 0.0118 e. The van der Waals surface area contributed by atoms with Crippen molar-refractivity contribution in [3.05, 3.63) is 50.1 Å². The molecular formula is C18H30. The van der Waals surface area contributed by atoms with E-state index in [1.165, 1.54) is 38.5 Å². The van der Waals surface area contributed by atoms with Gasteiger partial charge in [-0.2, -0.15) is 0 Å². The SMILES string of the molecule is C=CC1CCCCC1(C=C)C=C.CC=CCCC. The van der Waals surface area contributed by atoms with E-state index in [1.807, 2.05) is 12.2 Å². The lowest BCUT2D eigenvalue weighted by atomic mass is 9.66. The van der Waals surface area contributed by atoms with Crippen LogP contribution in [0.3, 0.4) is 0 Å². The van der Waals surface area contributed by atoms with Gasteiger partial charge in [0.2, 0.25) is 0 Å². The summed E-state index contributed by atoms with van der Waals surface area (Å²) in [6.07, 6.45) is 18.0. The van der Waals surface area contributed by atoms with Gasteiger partial charge in [-0.05, 0) is 32.1 Å². The van der Waals surface area contributed by atoms with Gasteiger partial charge in [0.1, 0.15) is 0 Å². The molecule has 1 atom stereocenters. The summed E-state index contributed by atoms with van der Waals surface area (Å²) in [5.41, 5.74) is 0.139. The van der Waals surface area contributed by atoms with Crippen LogP contribution in [0, 0.1) is 11.3 Å². The Bertz CT molecular complexity index is 262. The summed E-state index contributed by atoms with van der Waals surface area (Å²) >= 11 is 0. The van der Waals surface area contributed by atoms with E-state index in [1.54, 1.807) is 0 Å².